The minimum Gasteiger partial charge on any atom is -1.00 e. The van der Waals surface area contributed by atoms with E-state index >= 15 is 0 Å². The number of pyridine rings is 2. The Morgan fingerprint density at radius 2 is 0.847 bits per heavy atom. The van der Waals surface area contributed by atoms with E-state index in [1.165, 1.54) is 66.4 Å². The molecule has 0 aliphatic carbocycles. The molecule has 10 heteroatoms. The van der Waals surface area contributed by atoms with Crippen molar-refractivity contribution in [3.05, 3.63) is 169 Å². The molecule has 0 radical (unpaired) electrons. The van der Waals surface area contributed by atoms with Crippen LogP contribution in [0.5, 0.6) is 11.5 Å². The van der Waals surface area contributed by atoms with Crippen LogP contribution in [-0.2, 0) is 0 Å². The van der Waals surface area contributed by atoms with E-state index in [9.17, 15) is 0 Å². The van der Waals surface area contributed by atoms with Crippen LogP contribution in [0.15, 0.2) is 168 Å². The molecule has 0 N–H and O–H groups in total. The van der Waals surface area contributed by atoms with Gasteiger partial charge in [-0.1, -0.05) is 116 Å². The topological polar surface area (TPSA) is 32.7 Å². The maximum Gasteiger partial charge on any atom is 0.246 e. The predicted octanol–water partition coefficient (Wildman–Crippen LogP) is 5.52. The molecular weight excluding hydrogens is 812 g/mol. The van der Waals surface area contributed by atoms with Crippen LogP contribution < -0.4 is 53.2 Å². The number of aromatic nitrogens is 2. The highest BCUT2D eigenvalue weighted by Crippen LogP contribution is 2.39. The molecule has 0 spiro atoms. The van der Waals surface area contributed by atoms with Crippen LogP contribution in [0.2, 0.25) is 0 Å². The lowest BCUT2D eigenvalue weighted by molar-refractivity contribution is -0.636. The summed E-state index contributed by atoms with van der Waals surface area (Å²) in [4.78, 5) is 4.23. The van der Waals surface area contributed by atoms with Gasteiger partial charge in [0.25, 0.3) is 0 Å². The highest BCUT2D eigenvalue weighted by molar-refractivity contribution is 7.99. The van der Waals surface area contributed by atoms with Crippen LogP contribution in [0.4, 0.5) is 11.4 Å². The zero-order valence-corrected chi connectivity index (χ0v) is 36.7. The fraction of sp³-hybridized carbons (Fsp3) is 0.224. The number of hydrogen-bond donors (Lipinski definition) is 0. The van der Waals surface area contributed by atoms with Gasteiger partial charge in [-0.25, -0.2) is 0 Å². The van der Waals surface area contributed by atoms with Gasteiger partial charge >= 0.3 is 0 Å². The molecule has 2 aliphatic rings. The molecule has 0 atom stereocenters. The third-order valence-electron chi connectivity index (χ3n) is 10.4. The van der Waals surface area contributed by atoms with Gasteiger partial charge in [-0.2, -0.15) is 9.13 Å². The quantitative estimate of drug-likeness (QED) is 0.0726. The van der Waals surface area contributed by atoms with E-state index in [0.29, 0.717) is 0 Å². The fourth-order valence-electron chi connectivity index (χ4n) is 7.21. The molecule has 6 aromatic rings. The van der Waals surface area contributed by atoms with Crippen molar-refractivity contribution < 1.29 is 43.4 Å². The molecule has 2 aliphatic heterocycles. The Balaban J connectivity index is 0.00000293. The van der Waals surface area contributed by atoms with Gasteiger partial charge in [0.2, 0.25) is 33.2 Å². The number of hydrogen-bond acceptors (Lipinski definition) is 6. The highest BCUT2D eigenvalue weighted by atomic mass is 35.5. The van der Waals surface area contributed by atoms with E-state index in [1.54, 1.807) is 0 Å². The molecule has 0 bridgehead atoms. The lowest BCUT2D eigenvalue weighted by Crippen LogP contribution is -3.00. The van der Waals surface area contributed by atoms with E-state index < -0.39 is 0 Å². The van der Waals surface area contributed by atoms with Gasteiger partial charge in [-0.05, 0) is 48.2 Å². The van der Waals surface area contributed by atoms with Crippen molar-refractivity contribution >= 4 is 47.1 Å². The second kappa shape index (κ2) is 21.4. The first-order valence-electron chi connectivity index (χ1n) is 20.0. The van der Waals surface area contributed by atoms with Gasteiger partial charge < -0.3 is 44.1 Å². The molecule has 0 saturated carbocycles. The second-order valence-electron chi connectivity index (χ2n) is 14.4. The van der Waals surface area contributed by atoms with Crippen LogP contribution in [-0.4, -0.2) is 25.6 Å². The van der Waals surface area contributed by atoms with E-state index in [4.69, 9.17) is 9.47 Å². The van der Waals surface area contributed by atoms with Crippen molar-refractivity contribution in [1.82, 2.24) is 0 Å². The van der Waals surface area contributed by atoms with Gasteiger partial charge in [0.05, 0.1) is 11.4 Å². The summed E-state index contributed by atoms with van der Waals surface area (Å²) in [5.74, 6) is 5.68. The number of benzene rings is 4. The summed E-state index contributed by atoms with van der Waals surface area (Å²) < 4.78 is 17.0. The van der Waals surface area contributed by atoms with Crippen molar-refractivity contribution in [3.8, 4) is 22.9 Å². The molecule has 4 heterocycles. The fourth-order valence-corrected chi connectivity index (χ4v) is 9.38. The van der Waals surface area contributed by atoms with E-state index in [1.807, 2.05) is 47.8 Å². The van der Waals surface area contributed by atoms with Crippen molar-refractivity contribution in [3.63, 3.8) is 0 Å². The Hall–Kier alpha value is -4.86. The van der Waals surface area contributed by atoms with Crippen molar-refractivity contribution in [2.24, 2.45) is 0 Å². The van der Waals surface area contributed by atoms with Gasteiger partial charge in [0.1, 0.15) is 0 Å². The summed E-state index contributed by atoms with van der Waals surface area (Å²) in [6.07, 6.45) is 17.4. The van der Waals surface area contributed by atoms with E-state index in [0.717, 1.165) is 57.3 Å². The molecule has 59 heavy (non-hydrogen) atoms. The first kappa shape index (κ1) is 43.7. The molecular formula is C49H50Cl2N4O2S2. The first-order valence-corrected chi connectivity index (χ1v) is 22.0. The number of nitrogens with zero attached hydrogens (tertiary/aromatic N) is 4. The number of para-hydroxylation sites is 6. The summed E-state index contributed by atoms with van der Waals surface area (Å²) >= 11 is 3.89. The van der Waals surface area contributed by atoms with Gasteiger partial charge in [-0.15, -0.1) is 0 Å². The largest absolute Gasteiger partial charge is 1.00 e. The van der Waals surface area contributed by atoms with Crippen LogP contribution in [0.1, 0.15) is 56.1 Å². The summed E-state index contributed by atoms with van der Waals surface area (Å²) in [7, 11) is 4.12. The van der Waals surface area contributed by atoms with Gasteiger partial charge in [0.15, 0.2) is 23.9 Å². The second-order valence-corrected chi connectivity index (χ2v) is 16.6. The number of ether oxygens (including phenoxy) is 2. The molecule has 0 saturated heterocycles. The molecule has 0 fully saturated rings. The lowest BCUT2D eigenvalue weighted by atomic mass is 10.1. The summed E-state index contributed by atoms with van der Waals surface area (Å²) in [6.45, 7) is 0. The van der Waals surface area contributed by atoms with Crippen molar-refractivity contribution in [2.45, 2.75) is 55.0 Å². The third-order valence-corrected chi connectivity index (χ3v) is 12.6. The minimum atomic E-state index is 0. The monoisotopic (exact) mass is 860 g/mol. The standard InChI is InChI=1S/C49H50N4O2S2.2ClH/c1-50-42-24-14-16-26-44(42)54-46(50)34-38-28-30-52(40-20-10-8-11-21-40)48(36-38)56-32-18-6-4-3-5-7-19-33-57-49-37-39(29-31-53(49)41-22-12-9-13-23-41)35-47-51(2)43-25-15-17-27-45(43)55-47;;/h8-17,20-31,34-37H,3-7,18-19,32-33H2,1-2H3;2*1H/q+2;;/p-2. The lowest BCUT2D eigenvalue weighted by Gasteiger charge is -2.11. The maximum atomic E-state index is 6.19. The zero-order chi connectivity index (χ0) is 38.8. The van der Waals surface area contributed by atoms with Crippen LogP contribution in [0.25, 0.3) is 23.5 Å². The maximum absolute atomic E-state index is 6.19. The number of anilines is 2. The molecule has 4 aromatic carbocycles. The summed E-state index contributed by atoms with van der Waals surface area (Å²) in [5, 5.41) is 2.48. The molecule has 2 aromatic heterocycles. The van der Waals surface area contributed by atoms with Crippen molar-refractivity contribution in [1.29, 1.82) is 0 Å². The minimum absolute atomic E-state index is 0. The normalized spacial score (nSPS) is 14.0. The molecule has 0 amide bonds. The third kappa shape index (κ3) is 10.9. The number of halogens is 2. The van der Waals surface area contributed by atoms with Crippen LogP contribution in [0.3, 0.4) is 0 Å². The Morgan fingerprint density at radius 3 is 1.25 bits per heavy atom. The molecule has 6 nitrogen and oxygen atoms in total. The van der Waals surface area contributed by atoms with Crippen LogP contribution >= 0.6 is 23.5 Å². The SMILES string of the molecule is CN1C(=Cc2cc[n+](-c3ccccc3)c(SCCCCCCCCCSc3cc(C=C4Oc5ccccc5N4C)cc[n+]3-c3ccccc3)c2)Oc2ccccc21.[Cl-].[Cl-]. The van der Waals surface area contributed by atoms with E-state index in [-0.39, 0.29) is 24.8 Å². The van der Waals surface area contributed by atoms with E-state index in [2.05, 4.69) is 167 Å². The number of fused-ring (bicyclic) bond motifs is 2. The number of thioether (sulfide) groups is 2. The van der Waals surface area contributed by atoms with Gasteiger partial charge in [-0.3, -0.25) is 0 Å². The average Bonchev–Trinajstić information content (AvgIpc) is 3.74. The molecule has 0 unspecified atom stereocenters. The predicted molar refractivity (Wildman–Crippen MR) is 237 cm³/mol. The first-order chi connectivity index (χ1) is 28.1. The number of rotatable bonds is 16. The highest BCUT2D eigenvalue weighted by Gasteiger charge is 2.25. The number of unbranched alkanes of at least 4 members (excludes halogenated alkanes) is 6. The smallest absolute Gasteiger partial charge is 0.246 e. The Bertz CT molecular complexity index is 2200. The molecule has 304 valence electrons. The van der Waals surface area contributed by atoms with Crippen LogP contribution in [0, 0.1) is 0 Å². The average molecular weight is 862 g/mol. The molecule has 8 rings (SSSR count). The summed E-state index contributed by atoms with van der Waals surface area (Å²) in [6, 6.07) is 46.5. The Morgan fingerprint density at radius 1 is 0.475 bits per heavy atom. The van der Waals surface area contributed by atoms with Gasteiger partial charge in [0, 0.05) is 86.3 Å². The Kier molecular flexibility index (Phi) is 15.9. The Labute approximate surface area is 370 Å². The summed E-state index contributed by atoms with van der Waals surface area (Å²) in [5.41, 5.74) is 6.81. The zero-order valence-electron chi connectivity index (χ0n) is 33.6. The van der Waals surface area contributed by atoms with Crippen molar-refractivity contribution in [2.75, 3.05) is 35.4 Å².